The molecule has 0 radical (unpaired) electrons. The van der Waals surface area contributed by atoms with Gasteiger partial charge in [0.25, 0.3) is 0 Å². The number of hydrogen-bond acceptors (Lipinski definition) is 2. The standard InChI is InChI=1S/C12H16F3N3/c1-2-9(7-17-18-8-16)10-5-3-4-6-11(10)12(13,14)15/h3-6,8-9,17H,2,7H2,1H3,(H2,16,18). The Morgan fingerprint density at radius 2 is 2.06 bits per heavy atom. The Morgan fingerprint density at radius 3 is 2.61 bits per heavy atom. The van der Waals surface area contributed by atoms with E-state index in [1.807, 2.05) is 6.92 Å². The van der Waals surface area contributed by atoms with Crippen LogP contribution in [0.15, 0.2) is 29.4 Å². The Morgan fingerprint density at radius 1 is 1.39 bits per heavy atom. The molecule has 0 heterocycles. The van der Waals surface area contributed by atoms with E-state index in [1.54, 1.807) is 6.07 Å². The lowest BCUT2D eigenvalue weighted by molar-refractivity contribution is -0.138. The van der Waals surface area contributed by atoms with Crippen LogP contribution in [0.4, 0.5) is 13.2 Å². The number of hydrazone groups is 1. The maximum atomic E-state index is 12.9. The first-order valence-corrected chi connectivity index (χ1v) is 5.63. The summed E-state index contributed by atoms with van der Waals surface area (Å²) in [7, 11) is 0. The Hall–Kier alpha value is -1.72. The van der Waals surface area contributed by atoms with Crippen LogP contribution in [0, 0.1) is 0 Å². The Kier molecular flexibility index (Phi) is 5.00. The summed E-state index contributed by atoms with van der Waals surface area (Å²) in [4.78, 5) is 0. The molecule has 0 aliphatic heterocycles. The molecule has 1 rings (SSSR count). The van der Waals surface area contributed by atoms with Crippen LogP contribution in [-0.4, -0.2) is 12.9 Å². The Labute approximate surface area is 104 Å². The minimum atomic E-state index is -4.33. The van der Waals surface area contributed by atoms with E-state index < -0.39 is 11.7 Å². The van der Waals surface area contributed by atoms with Gasteiger partial charge in [-0.25, -0.2) is 0 Å². The average Bonchev–Trinajstić information content (AvgIpc) is 2.34. The SMILES string of the molecule is CCC(CN/N=C\N)c1ccccc1C(F)(F)F. The van der Waals surface area contributed by atoms with E-state index in [-0.39, 0.29) is 11.5 Å². The molecule has 1 unspecified atom stereocenters. The number of hydrogen-bond donors (Lipinski definition) is 2. The maximum absolute atomic E-state index is 12.9. The van der Waals surface area contributed by atoms with Gasteiger partial charge < -0.3 is 11.2 Å². The highest BCUT2D eigenvalue weighted by molar-refractivity contribution is 5.50. The van der Waals surface area contributed by atoms with Gasteiger partial charge in [0.15, 0.2) is 0 Å². The van der Waals surface area contributed by atoms with Gasteiger partial charge in [-0.1, -0.05) is 25.1 Å². The number of nitrogens with two attached hydrogens (primary N) is 1. The number of halogens is 3. The second-order valence-electron chi connectivity index (χ2n) is 3.83. The van der Waals surface area contributed by atoms with Gasteiger partial charge in [0.05, 0.1) is 5.56 Å². The van der Waals surface area contributed by atoms with Crippen LogP contribution in [0.3, 0.4) is 0 Å². The molecule has 0 amide bonds. The van der Waals surface area contributed by atoms with Crippen molar-refractivity contribution in [2.45, 2.75) is 25.4 Å². The number of benzene rings is 1. The second-order valence-corrected chi connectivity index (χ2v) is 3.83. The lowest BCUT2D eigenvalue weighted by Gasteiger charge is -2.20. The van der Waals surface area contributed by atoms with Gasteiger partial charge in [-0.3, -0.25) is 0 Å². The van der Waals surface area contributed by atoms with Crippen molar-refractivity contribution in [3.05, 3.63) is 35.4 Å². The zero-order valence-corrected chi connectivity index (χ0v) is 10.0. The predicted octanol–water partition coefficient (Wildman–Crippen LogP) is 2.69. The van der Waals surface area contributed by atoms with E-state index in [2.05, 4.69) is 10.5 Å². The summed E-state index contributed by atoms with van der Waals surface area (Å²) >= 11 is 0. The van der Waals surface area contributed by atoms with E-state index >= 15 is 0 Å². The van der Waals surface area contributed by atoms with Crippen molar-refractivity contribution in [2.24, 2.45) is 10.8 Å². The molecule has 1 aromatic rings. The molecular weight excluding hydrogens is 243 g/mol. The van der Waals surface area contributed by atoms with Crippen LogP contribution in [0.2, 0.25) is 0 Å². The van der Waals surface area contributed by atoms with Gasteiger partial charge in [-0.2, -0.15) is 18.3 Å². The summed E-state index contributed by atoms with van der Waals surface area (Å²) in [6.45, 7) is 2.16. The third kappa shape index (κ3) is 3.65. The Bertz CT molecular complexity index is 402. The lowest BCUT2D eigenvalue weighted by Crippen LogP contribution is -2.20. The zero-order chi connectivity index (χ0) is 13.6. The minimum absolute atomic E-state index is 0.258. The van der Waals surface area contributed by atoms with E-state index in [0.717, 1.165) is 12.4 Å². The minimum Gasteiger partial charge on any atom is -0.388 e. The van der Waals surface area contributed by atoms with Crippen molar-refractivity contribution in [3.8, 4) is 0 Å². The molecule has 0 aliphatic rings. The summed E-state index contributed by atoms with van der Waals surface area (Å²) in [5, 5.41) is 3.60. The molecule has 0 saturated carbocycles. The van der Waals surface area contributed by atoms with Crippen molar-refractivity contribution in [2.75, 3.05) is 6.54 Å². The van der Waals surface area contributed by atoms with Crippen LogP contribution in [0.25, 0.3) is 0 Å². The molecule has 0 bridgehead atoms. The van der Waals surface area contributed by atoms with E-state index in [0.29, 0.717) is 13.0 Å². The molecule has 0 spiro atoms. The van der Waals surface area contributed by atoms with Crippen LogP contribution < -0.4 is 11.2 Å². The van der Waals surface area contributed by atoms with E-state index in [1.165, 1.54) is 12.1 Å². The summed E-state index contributed by atoms with van der Waals surface area (Å²) in [5.41, 5.74) is 7.40. The van der Waals surface area contributed by atoms with Crippen molar-refractivity contribution in [3.63, 3.8) is 0 Å². The smallest absolute Gasteiger partial charge is 0.388 e. The summed E-state index contributed by atoms with van der Waals surface area (Å²) in [6, 6.07) is 5.61. The third-order valence-corrected chi connectivity index (χ3v) is 2.70. The highest BCUT2D eigenvalue weighted by Gasteiger charge is 2.34. The highest BCUT2D eigenvalue weighted by atomic mass is 19.4. The fraction of sp³-hybridized carbons (Fsp3) is 0.417. The van der Waals surface area contributed by atoms with Crippen molar-refractivity contribution >= 4 is 6.34 Å². The van der Waals surface area contributed by atoms with Gasteiger partial charge >= 0.3 is 6.18 Å². The van der Waals surface area contributed by atoms with Gasteiger partial charge in [-0.15, -0.1) is 0 Å². The van der Waals surface area contributed by atoms with E-state index in [9.17, 15) is 13.2 Å². The number of nitrogens with zero attached hydrogens (tertiary/aromatic N) is 1. The van der Waals surface area contributed by atoms with Gasteiger partial charge in [0, 0.05) is 12.5 Å². The normalized spacial score (nSPS) is 13.8. The lowest BCUT2D eigenvalue weighted by atomic mass is 9.92. The zero-order valence-electron chi connectivity index (χ0n) is 10.0. The van der Waals surface area contributed by atoms with Crippen molar-refractivity contribution < 1.29 is 13.2 Å². The first-order valence-electron chi connectivity index (χ1n) is 5.63. The molecule has 1 aromatic carbocycles. The predicted molar refractivity (Wildman–Crippen MR) is 65.2 cm³/mol. The molecule has 0 fully saturated rings. The van der Waals surface area contributed by atoms with Crippen LogP contribution in [0.1, 0.15) is 30.4 Å². The molecule has 6 heteroatoms. The van der Waals surface area contributed by atoms with E-state index in [4.69, 9.17) is 5.73 Å². The number of nitrogens with one attached hydrogen (secondary N) is 1. The Balaban J connectivity index is 2.98. The average molecular weight is 259 g/mol. The molecule has 1 atom stereocenters. The summed E-state index contributed by atoms with van der Waals surface area (Å²) < 4.78 is 38.6. The molecular formula is C12H16F3N3. The molecule has 18 heavy (non-hydrogen) atoms. The monoisotopic (exact) mass is 259 g/mol. The van der Waals surface area contributed by atoms with Gasteiger partial charge in [-0.05, 0) is 18.1 Å². The maximum Gasteiger partial charge on any atom is 0.416 e. The fourth-order valence-corrected chi connectivity index (χ4v) is 1.80. The molecule has 3 nitrogen and oxygen atoms in total. The topological polar surface area (TPSA) is 50.4 Å². The molecule has 100 valence electrons. The first kappa shape index (κ1) is 14.3. The second kappa shape index (κ2) is 6.28. The first-order chi connectivity index (χ1) is 8.50. The third-order valence-electron chi connectivity index (χ3n) is 2.70. The number of alkyl halides is 3. The highest BCUT2D eigenvalue weighted by Crippen LogP contribution is 2.35. The van der Waals surface area contributed by atoms with Crippen molar-refractivity contribution in [1.29, 1.82) is 0 Å². The number of rotatable bonds is 5. The largest absolute Gasteiger partial charge is 0.416 e. The van der Waals surface area contributed by atoms with Gasteiger partial charge in [0.2, 0.25) is 0 Å². The van der Waals surface area contributed by atoms with Crippen LogP contribution >= 0.6 is 0 Å². The quantitative estimate of drug-likeness (QED) is 0.485. The van der Waals surface area contributed by atoms with Crippen molar-refractivity contribution in [1.82, 2.24) is 5.43 Å². The van der Waals surface area contributed by atoms with Crippen LogP contribution in [-0.2, 0) is 6.18 Å². The van der Waals surface area contributed by atoms with Gasteiger partial charge in [0.1, 0.15) is 6.34 Å². The fourth-order valence-electron chi connectivity index (χ4n) is 1.80. The molecule has 3 N–H and O–H groups in total. The molecule has 0 saturated heterocycles. The molecule has 0 aliphatic carbocycles. The molecule has 0 aromatic heterocycles. The summed E-state index contributed by atoms with van der Waals surface area (Å²) in [5.74, 6) is -0.258. The summed E-state index contributed by atoms with van der Waals surface area (Å²) in [6.07, 6.45) is -2.68. The van der Waals surface area contributed by atoms with Crippen LogP contribution in [0.5, 0.6) is 0 Å².